The summed E-state index contributed by atoms with van der Waals surface area (Å²) in [7, 11) is 0. The van der Waals surface area contributed by atoms with Crippen LogP contribution < -0.4 is 10.6 Å². The lowest BCUT2D eigenvalue weighted by Crippen LogP contribution is -2.53. The highest BCUT2D eigenvalue weighted by molar-refractivity contribution is 6.09. The van der Waals surface area contributed by atoms with Gasteiger partial charge in [0.1, 0.15) is 5.84 Å². The molecule has 1 fully saturated rings. The van der Waals surface area contributed by atoms with Gasteiger partial charge in [-0.2, -0.15) is 0 Å². The Balaban J connectivity index is 0.000000880. The summed E-state index contributed by atoms with van der Waals surface area (Å²) in [5, 5.41) is 7.34. The lowest BCUT2D eigenvalue weighted by molar-refractivity contribution is 0.402. The van der Waals surface area contributed by atoms with Crippen LogP contribution in [0.3, 0.4) is 0 Å². The number of hydrogen-bond donors (Lipinski definition) is 2. The molecule has 0 radical (unpaired) electrons. The summed E-state index contributed by atoms with van der Waals surface area (Å²) >= 11 is 0. The molecule has 0 saturated heterocycles. The van der Waals surface area contributed by atoms with Crippen LogP contribution >= 0.6 is 0 Å². The maximum atomic E-state index is 4.87. The maximum Gasteiger partial charge on any atom is 0.127 e. The van der Waals surface area contributed by atoms with E-state index in [1.165, 1.54) is 24.9 Å². The van der Waals surface area contributed by atoms with Crippen LogP contribution in [0.4, 0.5) is 11.4 Å². The third-order valence-electron chi connectivity index (χ3n) is 4.73. The average molecular weight is 337 g/mol. The van der Waals surface area contributed by atoms with E-state index in [1.54, 1.807) is 18.6 Å². The number of aliphatic imine (C=N–C) groups is 1. The SMILES string of the molecule is CC.c1ccc2c(c1)NC(=NCc1cnccn1)C1(CCCCC1)N2. The number of anilines is 2. The molecule has 2 aliphatic rings. The third kappa shape index (κ3) is 3.81. The minimum Gasteiger partial charge on any atom is -0.371 e. The summed E-state index contributed by atoms with van der Waals surface area (Å²) in [4.78, 5) is 13.3. The maximum absolute atomic E-state index is 4.87. The van der Waals surface area contributed by atoms with E-state index in [2.05, 4.69) is 38.8 Å². The van der Waals surface area contributed by atoms with Gasteiger partial charge in [0, 0.05) is 12.4 Å². The summed E-state index contributed by atoms with van der Waals surface area (Å²) in [5.41, 5.74) is 3.11. The van der Waals surface area contributed by atoms with E-state index in [4.69, 9.17) is 4.99 Å². The van der Waals surface area contributed by atoms with Gasteiger partial charge in [-0.15, -0.1) is 0 Å². The van der Waals surface area contributed by atoms with Gasteiger partial charge in [0.15, 0.2) is 0 Å². The Morgan fingerprint density at radius 2 is 1.80 bits per heavy atom. The Labute approximate surface area is 150 Å². The van der Waals surface area contributed by atoms with E-state index >= 15 is 0 Å². The van der Waals surface area contributed by atoms with Crippen molar-refractivity contribution in [1.29, 1.82) is 0 Å². The van der Waals surface area contributed by atoms with Gasteiger partial charge >= 0.3 is 0 Å². The molecule has 0 unspecified atom stereocenters. The van der Waals surface area contributed by atoms with Crippen LogP contribution in [-0.2, 0) is 6.54 Å². The minimum atomic E-state index is -0.0607. The molecule has 1 saturated carbocycles. The molecule has 132 valence electrons. The van der Waals surface area contributed by atoms with E-state index in [0.29, 0.717) is 6.54 Å². The highest BCUT2D eigenvalue weighted by Gasteiger charge is 2.40. The number of aromatic nitrogens is 2. The molecule has 0 atom stereocenters. The van der Waals surface area contributed by atoms with E-state index in [-0.39, 0.29) is 5.54 Å². The number of amidine groups is 1. The monoisotopic (exact) mass is 337 g/mol. The lowest BCUT2D eigenvalue weighted by Gasteiger charge is -2.44. The fourth-order valence-corrected chi connectivity index (χ4v) is 3.54. The van der Waals surface area contributed by atoms with Crippen molar-refractivity contribution in [2.75, 3.05) is 10.6 Å². The molecular weight excluding hydrogens is 310 g/mol. The number of para-hydroxylation sites is 2. The van der Waals surface area contributed by atoms with Gasteiger partial charge in [-0.1, -0.05) is 45.2 Å². The Morgan fingerprint density at radius 3 is 2.52 bits per heavy atom. The van der Waals surface area contributed by atoms with Crippen molar-refractivity contribution in [3.8, 4) is 0 Å². The third-order valence-corrected chi connectivity index (χ3v) is 4.73. The molecule has 1 aliphatic carbocycles. The van der Waals surface area contributed by atoms with Crippen molar-refractivity contribution < 1.29 is 0 Å². The number of hydrogen-bond acceptors (Lipinski definition) is 4. The van der Waals surface area contributed by atoms with Gasteiger partial charge < -0.3 is 10.6 Å². The van der Waals surface area contributed by atoms with Gasteiger partial charge in [0.05, 0.1) is 35.3 Å². The molecule has 0 bridgehead atoms. The molecule has 1 aromatic heterocycles. The second-order valence-corrected chi connectivity index (χ2v) is 6.30. The van der Waals surface area contributed by atoms with Crippen LogP contribution in [0, 0.1) is 0 Å². The molecule has 1 aromatic carbocycles. The second-order valence-electron chi connectivity index (χ2n) is 6.30. The fourth-order valence-electron chi connectivity index (χ4n) is 3.54. The van der Waals surface area contributed by atoms with Gasteiger partial charge in [0.2, 0.25) is 0 Å². The zero-order chi connectivity index (χ0) is 17.5. The first-order valence-corrected chi connectivity index (χ1v) is 9.30. The van der Waals surface area contributed by atoms with Crippen LogP contribution in [0.1, 0.15) is 51.6 Å². The predicted octanol–water partition coefficient (Wildman–Crippen LogP) is 4.64. The number of nitrogens with one attached hydrogen (secondary N) is 2. The molecule has 1 spiro atoms. The Kier molecular flexibility index (Phi) is 5.64. The summed E-state index contributed by atoms with van der Waals surface area (Å²) in [6, 6.07) is 8.35. The summed E-state index contributed by atoms with van der Waals surface area (Å²) < 4.78 is 0. The number of nitrogens with zero attached hydrogens (tertiary/aromatic N) is 3. The van der Waals surface area contributed by atoms with E-state index < -0.39 is 0 Å². The Morgan fingerprint density at radius 1 is 1.04 bits per heavy atom. The van der Waals surface area contributed by atoms with Gasteiger partial charge in [-0.3, -0.25) is 15.0 Å². The first kappa shape index (κ1) is 17.4. The van der Waals surface area contributed by atoms with Crippen LogP contribution in [-0.4, -0.2) is 21.3 Å². The smallest absolute Gasteiger partial charge is 0.127 e. The van der Waals surface area contributed by atoms with Crippen molar-refractivity contribution in [2.24, 2.45) is 4.99 Å². The van der Waals surface area contributed by atoms with Crippen molar-refractivity contribution in [2.45, 2.75) is 58.0 Å². The van der Waals surface area contributed by atoms with E-state index in [1.807, 2.05) is 19.9 Å². The molecule has 1 aliphatic heterocycles. The molecule has 2 heterocycles. The van der Waals surface area contributed by atoms with Crippen LogP contribution in [0.2, 0.25) is 0 Å². The number of rotatable bonds is 2. The van der Waals surface area contributed by atoms with E-state index in [0.717, 1.165) is 30.1 Å². The van der Waals surface area contributed by atoms with Gasteiger partial charge in [-0.05, 0) is 25.0 Å². The van der Waals surface area contributed by atoms with Crippen molar-refractivity contribution in [1.82, 2.24) is 9.97 Å². The van der Waals surface area contributed by atoms with Gasteiger partial charge in [0.25, 0.3) is 0 Å². The molecule has 25 heavy (non-hydrogen) atoms. The summed E-state index contributed by atoms with van der Waals surface area (Å²) in [6.45, 7) is 4.56. The zero-order valence-corrected chi connectivity index (χ0v) is 15.1. The minimum absolute atomic E-state index is 0.0607. The lowest BCUT2D eigenvalue weighted by atomic mass is 9.79. The first-order chi connectivity index (χ1) is 12.4. The fraction of sp³-hybridized carbons (Fsp3) is 0.450. The molecule has 2 aromatic rings. The molecule has 5 heteroatoms. The Bertz CT molecular complexity index is 705. The molecule has 4 rings (SSSR count). The van der Waals surface area contributed by atoms with Crippen molar-refractivity contribution >= 4 is 17.2 Å². The second kappa shape index (κ2) is 8.10. The predicted molar refractivity (Wildman–Crippen MR) is 104 cm³/mol. The average Bonchev–Trinajstić information content (AvgIpc) is 2.69. The highest BCUT2D eigenvalue weighted by atomic mass is 15.2. The molecule has 5 nitrogen and oxygen atoms in total. The zero-order valence-electron chi connectivity index (χ0n) is 15.1. The molecule has 0 amide bonds. The van der Waals surface area contributed by atoms with Crippen molar-refractivity contribution in [3.05, 3.63) is 48.5 Å². The quantitative estimate of drug-likeness (QED) is 0.838. The van der Waals surface area contributed by atoms with Crippen molar-refractivity contribution in [3.63, 3.8) is 0 Å². The normalized spacial score (nSPS) is 19.2. The topological polar surface area (TPSA) is 62.2 Å². The standard InChI is InChI=1S/C18H21N5.C2H6/c1-4-8-18(9-5-1)17(21-13-14-12-19-10-11-20-14)22-15-6-2-3-7-16(15)23-18;1-2/h2-3,6-7,10-12,23H,1,4-5,8-9,13H2,(H,21,22);1-2H3. The number of benzene rings is 1. The van der Waals surface area contributed by atoms with Crippen LogP contribution in [0.5, 0.6) is 0 Å². The summed E-state index contributed by atoms with van der Waals surface area (Å²) in [5.74, 6) is 1.04. The van der Waals surface area contributed by atoms with Crippen LogP contribution in [0.15, 0.2) is 47.8 Å². The van der Waals surface area contributed by atoms with Gasteiger partial charge in [-0.25, -0.2) is 0 Å². The van der Waals surface area contributed by atoms with Crippen LogP contribution in [0.25, 0.3) is 0 Å². The molecular formula is C20H27N5. The summed E-state index contributed by atoms with van der Waals surface area (Å²) in [6.07, 6.45) is 11.2. The highest BCUT2D eigenvalue weighted by Crippen LogP contribution is 2.39. The Hall–Kier alpha value is -2.43. The first-order valence-electron chi connectivity index (χ1n) is 9.30. The number of fused-ring (bicyclic) bond motifs is 1. The molecule has 2 N–H and O–H groups in total. The largest absolute Gasteiger partial charge is 0.371 e. The van der Waals surface area contributed by atoms with E-state index in [9.17, 15) is 0 Å².